The van der Waals surface area contributed by atoms with E-state index in [4.69, 9.17) is 9.40 Å². The predicted molar refractivity (Wildman–Crippen MR) is 110 cm³/mol. The van der Waals surface area contributed by atoms with Crippen LogP contribution in [0.5, 0.6) is 0 Å². The molecular weight excluding hydrogens is 386 g/mol. The molecule has 0 amide bonds. The number of oxazole rings is 1. The van der Waals surface area contributed by atoms with Gasteiger partial charge in [-0.25, -0.2) is 4.98 Å². The monoisotopic (exact) mass is 399 g/mol. The van der Waals surface area contributed by atoms with E-state index in [9.17, 15) is 0 Å². The predicted octanol–water partition coefficient (Wildman–Crippen LogP) is 7.08. The molecule has 0 radical (unpaired) electrons. The molecule has 0 spiro atoms. The summed E-state index contributed by atoms with van der Waals surface area (Å²) in [5.74, 6) is 0.641. The van der Waals surface area contributed by atoms with E-state index in [1.807, 2.05) is 36.4 Å². The summed E-state index contributed by atoms with van der Waals surface area (Å²) >= 11 is 3.65. The summed E-state index contributed by atoms with van der Waals surface area (Å²) in [6.45, 7) is 0. The first-order valence-electron chi connectivity index (χ1n) is 8.43. The highest BCUT2D eigenvalue weighted by Gasteiger charge is 2.14. The van der Waals surface area contributed by atoms with Crippen LogP contribution in [-0.4, -0.2) is 4.98 Å². The first-order chi connectivity index (χ1) is 12.8. The number of benzene rings is 4. The van der Waals surface area contributed by atoms with Gasteiger partial charge in [0.1, 0.15) is 5.52 Å². The van der Waals surface area contributed by atoms with Gasteiger partial charge in [0.15, 0.2) is 5.58 Å². The molecule has 0 atom stereocenters. The van der Waals surface area contributed by atoms with Gasteiger partial charge in [-0.15, -0.1) is 0 Å². The van der Waals surface area contributed by atoms with Crippen LogP contribution in [0, 0.1) is 0 Å². The maximum absolute atomic E-state index is 6.13. The second-order valence-electron chi connectivity index (χ2n) is 6.22. The van der Waals surface area contributed by atoms with Crippen molar-refractivity contribution in [2.24, 2.45) is 0 Å². The maximum atomic E-state index is 6.13. The Morgan fingerprint density at radius 3 is 2.38 bits per heavy atom. The summed E-state index contributed by atoms with van der Waals surface area (Å²) in [4.78, 5) is 4.78. The summed E-state index contributed by atoms with van der Waals surface area (Å²) in [6, 6.07) is 28.9. The molecule has 1 heterocycles. The summed E-state index contributed by atoms with van der Waals surface area (Å²) in [7, 11) is 0. The van der Waals surface area contributed by atoms with E-state index in [-0.39, 0.29) is 0 Å². The van der Waals surface area contributed by atoms with Crippen LogP contribution in [0.25, 0.3) is 44.5 Å². The van der Waals surface area contributed by atoms with Crippen molar-refractivity contribution in [1.82, 2.24) is 4.98 Å². The van der Waals surface area contributed by atoms with Crippen molar-refractivity contribution in [3.63, 3.8) is 0 Å². The van der Waals surface area contributed by atoms with E-state index >= 15 is 0 Å². The third-order valence-corrected chi connectivity index (χ3v) is 5.16. The van der Waals surface area contributed by atoms with Crippen LogP contribution >= 0.6 is 15.9 Å². The quantitative estimate of drug-likeness (QED) is 0.317. The molecule has 5 rings (SSSR count). The largest absolute Gasteiger partial charge is 0.435 e. The van der Waals surface area contributed by atoms with Gasteiger partial charge in [0.05, 0.1) is 4.47 Å². The van der Waals surface area contributed by atoms with Crippen LogP contribution in [0.15, 0.2) is 93.8 Å². The number of aromatic nitrogens is 1. The van der Waals surface area contributed by atoms with E-state index in [0.717, 1.165) is 37.6 Å². The molecule has 5 aromatic rings. The van der Waals surface area contributed by atoms with Crippen molar-refractivity contribution in [1.29, 1.82) is 0 Å². The average molecular weight is 400 g/mol. The third-order valence-electron chi connectivity index (χ3n) is 4.57. The number of hydrogen-bond donors (Lipinski definition) is 0. The fraction of sp³-hybridized carbons (Fsp3) is 0. The molecular formula is C23H14BrNO. The number of rotatable bonds is 2. The van der Waals surface area contributed by atoms with Gasteiger partial charge in [0.25, 0.3) is 0 Å². The molecule has 0 bridgehead atoms. The topological polar surface area (TPSA) is 26.0 Å². The number of nitrogens with zero attached hydrogens (tertiary/aromatic N) is 1. The lowest BCUT2D eigenvalue weighted by Crippen LogP contribution is -1.81. The van der Waals surface area contributed by atoms with Crippen molar-refractivity contribution < 1.29 is 4.42 Å². The van der Waals surface area contributed by atoms with Crippen molar-refractivity contribution in [3.8, 4) is 22.6 Å². The lowest BCUT2D eigenvalue weighted by molar-refractivity contribution is 0.619. The summed E-state index contributed by atoms with van der Waals surface area (Å²) in [5.41, 5.74) is 4.90. The molecule has 0 unspecified atom stereocenters. The second-order valence-corrected chi connectivity index (χ2v) is 7.07. The van der Waals surface area contributed by atoms with Crippen molar-refractivity contribution >= 4 is 37.8 Å². The highest BCUT2D eigenvalue weighted by Crippen LogP contribution is 2.35. The van der Waals surface area contributed by atoms with Crippen LogP contribution in [0.3, 0.4) is 0 Å². The molecule has 0 fully saturated rings. The minimum atomic E-state index is 0.641. The molecule has 124 valence electrons. The van der Waals surface area contributed by atoms with Gasteiger partial charge in [0, 0.05) is 5.56 Å². The second kappa shape index (κ2) is 6.11. The Morgan fingerprint density at radius 2 is 1.50 bits per heavy atom. The summed E-state index contributed by atoms with van der Waals surface area (Å²) in [6.07, 6.45) is 0. The number of fused-ring (bicyclic) bond motifs is 2. The average Bonchev–Trinajstić information content (AvgIpc) is 3.13. The minimum Gasteiger partial charge on any atom is -0.435 e. The molecule has 0 aliphatic carbocycles. The highest BCUT2D eigenvalue weighted by atomic mass is 79.9. The zero-order valence-corrected chi connectivity index (χ0v) is 15.4. The van der Waals surface area contributed by atoms with E-state index in [1.54, 1.807) is 0 Å². The Balaban J connectivity index is 1.72. The molecule has 0 aliphatic rings. The van der Waals surface area contributed by atoms with E-state index in [0.29, 0.717) is 5.89 Å². The standard InChI is InChI=1S/C23H14BrNO/c24-20-13-17(15-7-2-1-3-8-15)14-21-22(20)26-23(25-21)19-12-6-10-16-9-4-5-11-18(16)19/h1-14H. The first-order valence-corrected chi connectivity index (χ1v) is 9.22. The van der Waals surface area contributed by atoms with Crippen molar-refractivity contribution in [2.75, 3.05) is 0 Å². The summed E-state index contributed by atoms with van der Waals surface area (Å²) < 4.78 is 7.04. The fourth-order valence-electron chi connectivity index (χ4n) is 3.32. The third kappa shape index (κ3) is 2.52. The van der Waals surface area contributed by atoms with Gasteiger partial charge in [-0.3, -0.25) is 0 Å². The molecule has 3 heteroatoms. The van der Waals surface area contributed by atoms with Gasteiger partial charge in [-0.05, 0) is 56.0 Å². The Morgan fingerprint density at radius 1 is 0.731 bits per heavy atom. The Hall–Kier alpha value is -2.91. The Kier molecular flexibility index (Phi) is 3.61. The molecule has 0 saturated carbocycles. The van der Waals surface area contributed by atoms with Gasteiger partial charge in [0.2, 0.25) is 5.89 Å². The van der Waals surface area contributed by atoms with Crippen LogP contribution in [-0.2, 0) is 0 Å². The van der Waals surface area contributed by atoms with Crippen molar-refractivity contribution in [2.45, 2.75) is 0 Å². The Bertz CT molecular complexity index is 1240. The van der Waals surface area contributed by atoms with Crippen molar-refractivity contribution in [3.05, 3.63) is 89.4 Å². The van der Waals surface area contributed by atoms with Crippen LogP contribution in [0.4, 0.5) is 0 Å². The normalized spacial score (nSPS) is 11.3. The van der Waals surface area contributed by atoms with Gasteiger partial charge < -0.3 is 4.42 Å². The zero-order chi connectivity index (χ0) is 17.5. The first kappa shape index (κ1) is 15.4. The SMILES string of the molecule is Brc1cc(-c2ccccc2)cc2nc(-c3cccc4ccccc34)oc12. The number of halogens is 1. The highest BCUT2D eigenvalue weighted by molar-refractivity contribution is 9.10. The van der Waals surface area contributed by atoms with E-state index < -0.39 is 0 Å². The van der Waals surface area contributed by atoms with Gasteiger partial charge in [-0.2, -0.15) is 0 Å². The smallest absolute Gasteiger partial charge is 0.228 e. The molecule has 4 aromatic carbocycles. The molecule has 1 aromatic heterocycles. The molecule has 0 N–H and O–H groups in total. The van der Waals surface area contributed by atoms with Crippen LogP contribution in [0.1, 0.15) is 0 Å². The lowest BCUT2D eigenvalue weighted by Gasteiger charge is -2.02. The fourth-order valence-corrected chi connectivity index (χ4v) is 3.85. The lowest BCUT2D eigenvalue weighted by atomic mass is 10.0. The van der Waals surface area contributed by atoms with Gasteiger partial charge in [-0.1, -0.05) is 66.7 Å². The molecule has 26 heavy (non-hydrogen) atoms. The van der Waals surface area contributed by atoms with Crippen LogP contribution < -0.4 is 0 Å². The molecule has 0 aliphatic heterocycles. The van der Waals surface area contributed by atoms with E-state index in [1.165, 1.54) is 5.39 Å². The molecule has 0 saturated heterocycles. The number of hydrogen-bond acceptors (Lipinski definition) is 2. The summed E-state index contributed by atoms with van der Waals surface area (Å²) in [5, 5.41) is 2.32. The van der Waals surface area contributed by atoms with E-state index in [2.05, 4.69) is 64.5 Å². The Labute approximate surface area is 159 Å². The minimum absolute atomic E-state index is 0.641. The maximum Gasteiger partial charge on any atom is 0.228 e. The van der Waals surface area contributed by atoms with Gasteiger partial charge >= 0.3 is 0 Å². The zero-order valence-electron chi connectivity index (χ0n) is 13.8. The molecule has 2 nitrogen and oxygen atoms in total. The van der Waals surface area contributed by atoms with Crippen LogP contribution in [0.2, 0.25) is 0 Å².